The van der Waals surface area contributed by atoms with Gasteiger partial charge in [-0.3, -0.25) is 0 Å². The SMILES string of the molecule is CCCCNCCc1ccc(Cn2c(-c3ccc(OC)cc3C)c(F)c3cc(C)ccc32)cc1. The van der Waals surface area contributed by atoms with E-state index in [-0.39, 0.29) is 5.82 Å². The Kier molecular flexibility index (Phi) is 7.69. The van der Waals surface area contributed by atoms with E-state index in [2.05, 4.69) is 47.1 Å². The molecule has 0 saturated heterocycles. The Balaban J connectivity index is 1.66. The summed E-state index contributed by atoms with van der Waals surface area (Å²) in [4.78, 5) is 0. The standard InChI is InChI=1S/C30H35FN2O/c1-5-6-16-32-17-15-23-8-10-24(11-9-23)20-33-28-14-7-21(2)18-27(28)29(31)30(33)26-13-12-25(34-4)19-22(26)3/h7-14,18-19,32H,5-6,15-17,20H2,1-4H3. The average Bonchev–Trinajstić information content (AvgIpc) is 3.10. The Morgan fingerprint density at radius 1 is 0.912 bits per heavy atom. The van der Waals surface area contributed by atoms with Gasteiger partial charge in [-0.2, -0.15) is 0 Å². The summed E-state index contributed by atoms with van der Waals surface area (Å²) in [5.74, 6) is 0.613. The highest BCUT2D eigenvalue weighted by Crippen LogP contribution is 2.36. The van der Waals surface area contributed by atoms with E-state index in [4.69, 9.17) is 4.74 Å². The van der Waals surface area contributed by atoms with Crippen LogP contribution in [0.4, 0.5) is 4.39 Å². The van der Waals surface area contributed by atoms with Gasteiger partial charge in [0.2, 0.25) is 0 Å². The van der Waals surface area contributed by atoms with E-state index < -0.39 is 0 Å². The van der Waals surface area contributed by atoms with E-state index in [1.165, 1.54) is 18.4 Å². The normalized spacial score (nSPS) is 11.3. The van der Waals surface area contributed by atoms with E-state index >= 15 is 4.39 Å². The topological polar surface area (TPSA) is 26.2 Å². The second-order valence-corrected chi connectivity index (χ2v) is 9.12. The predicted molar refractivity (Wildman–Crippen MR) is 140 cm³/mol. The highest BCUT2D eigenvalue weighted by molar-refractivity contribution is 5.89. The van der Waals surface area contributed by atoms with E-state index in [0.717, 1.165) is 53.0 Å². The summed E-state index contributed by atoms with van der Waals surface area (Å²) in [6, 6.07) is 20.6. The number of ether oxygens (including phenoxy) is 1. The van der Waals surface area contributed by atoms with Crippen molar-refractivity contribution in [3.8, 4) is 17.0 Å². The number of benzene rings is 3. The van der Waals surface area contributed by atoms with Crippen molar-refractivity contribution in [2.75, 3.05) is 20.2 Å². The number of unbranched alkanes of at least 4 members (excludes halogenated alkanes) is 1. The maximum atomic E-state index is 15.9. The quantitative estimate of drug-likeness (QED) is 0.258. The summed E-state index contributed by atoms with van der Waals surface area (Å²) < 4.78 is 23.3. The molecule has 0 aliphatic rings. The monoisotopic (exact) mass is 458 g/mol. The first-order valence-electron chi connectivity index (χ1n) is 12.2. The Labute approximate surface area is 202 Å². The van der Waals surface area contributed by atoms with Crippen molar-refractivity contribution in [2.45, 2.75) is 46.6 Å². The molecule has 1 N–H and O–H groups in total. The Morgan fingerprint density at radius 2 is 1.68 bits per heavy atom. The van der Waals surface area contributed by atoms with Gasteiger partial charge < -0.3 is 14.6 Å². The Hall–Kier alpha value is -3.11. The number of aryl methyl sites for hydroxylation is 2. The molecular formula is C30H35FN2O. The zero-order valence-electron chi connectivity index (χ0n) is 20.7. The van der Waals surface area contributed by atoms with Crippen molar-refractivity contribution in [3.05, 3.63) is 88.7 Å². The predicted octanol–water partition coefficient (Wildman–Crippen LogP) is 7.05. The molecule has 0 spiro atoms. The zero-order chi connectivity index (χ0) is 24.1. The molecule has 3 aromatic carbocycles. The number of hydrogen-bond acceptors (Lipinski definition) is 2. The van der Waals surface area contributed by atoms with Gasteiger partial charge in [0.05, 0.1) is 18.3 Å². The fourth-order valence-corrected chi connectivity index (χ4v) is 4.54. The van der Waals surface area contributed by atoms with Crippen molar-refractivity contribution in [2.24, 2.45) is 0 Å². The van der Waals surface area contributed by atoms with Crippen molar-refractivity contribution in [3.63, 3.8) is 0 Å². The molecule has 4 heteroatoms. The lowest BCUT2D eigenvalue weighted by Gasteiger charge is -2.14. The van der Waals surface area contributed by atoms with Gasteiger partial charge in [-0.15, -0.1) is 0 Å². The molecule has 34 heavy (non-hydrogen) atoms. The van der Waals surface area contributed by atoms with Crippen LogP contribution in [0.15, 0.2) is 60.7 Å². The van der Waals surface area contributed by atoms with Crippen LogP contribution < -0.4 is 10.1 Å². The first-order valence-corrected chi connectivity index (χ1v) is 12.2. The number of aromatic nitrogens is 1. The molecule has 3 nitrogen and oxygen atoms in total. The second-order valence-electron chi connectivity index (χ2n) is 9.12. The van der Waals surface area contributed by atoms with Gasteiger partial charge in [0.15, 0.2) is 5.82 Å². The fraction of sp³-hybridized carbons (Fsp3) is 0.333. The number of rotatable bonds is 10. The highest BCUT2D eigenvalue weighted by Gasteiger charge is 2.21. The summed E-state index contributed by atoms with van der Waals surface area (Å²) in [5, 5.41) is 4.17. The number of fused-ring (bicyclic) bond motifs is 1. The third kappa shape index (κ3) is 5.18. The van der Waals surface area contributed by atoms with Crippen LogP contribution >= 0.6 is 0 Å². The minimum Gasteiger partial charge on any atom is -0.497 e. The summed E-state index contributed by atoms with van der Waals surface area (Å²) in [5.41, 5.74) is 6.96. The van der Waals surface area contributed by atoms with Gasteiger partial charge in [-0.05, 0) is 86.8 Å². The molecule has 178 valence electrons. The lowest BCUT2D eigenvalue weighted by Crippen LogP contribution is -2.18. The minimum absolute atomic E-state index is 0.165. The molecule has 4 rings (SSSR count). The molecule has 0 unspecified atom stereocenters. The van der Waals surface area contributed by atoms with Crippen LogP contribution in [0.2, 0.25) is 0 Å². The molecule has 0 amide bonds. The van der Waals surface area contributed by atoms with Crippen molar-refractivity contribution < 1.29 is 9.13 Å². The van der Waals surface area contributed by atoms with Gasteiger partial charge >= 0.3 is 0 Å². The first-order chi connectivity index (χ1) is 16.5. The molecule has 0 atom stereocenters. The maximum Gasteiger partial charge on any atom is 0.156 e. The van der Waals surface area contributed by atoms with E-state index in [1.807, 2.05) is 44.2 Å². The van der Waals surface area contributed by atoms with Crippen LogP contribution in [0.3, 0.4) is 0 Å². The highest BCUT2D eigenvalue weighted by atomic mass is 19.1. The summed E-state index contributed by atoms with van der Waals surface area (Å²) >= 11 is 0. The molecule has 1 aromatic heterocycles. The molecule has 1 heterocycles. The van der Waals surface area contributed by atoms with Crippen LogP contribution in [0.25, 0.3) is 22.2 Å². The molecule has 4 aromatic rings. The molecule has 0 fully saturated rings. The van der Waals surface area contributed by atoms with Crippen molar-refractivity contribution >= 4 is 10.9 Å². The van der Waals surface area contributed by atoms with Crippen LogP contribution in [0, 0.1) is 19.7 Å². The average molecular weight is 459 g/mol. The number of methoxy groups -OCH3 is 1. The minimum atomic E-state index is -0.165. The van der Waals surface area contributed by atoms with E-state index in [0.29, 0.717) is 17.6 Å². The Morgan fingerprint density at radius 3 is 2.38 bits per heavy atom. The number of nitrogens with one attached hydrogen (secondary N) is 1. The molecule has 0 saturated carbocycles. The lowest BCUT2D eigenvalue weighted by atomic mass is 10.0. The largest absolute Gasteiger partial charge is 0.497 e. The van der Waals surface area contributed by atoms with Crippen LogP contribution in [-0.2, 0) is 13.0 Å². The molecule has 0 radical (unpaired) electrons. The third-order valence-corrected chi connectivity index (χ3v) is 6.51. The zero-order valence-corrected chi connectivity index (χ0v) is 20.7. The van der Waals surface area contributed by atoms with Crippen LogP contribution in [0.1, 0.15) is 42.0 Å². The fourth-order valence-electron chi connectivity index (χ4n) is 4.54. The summed E-state index contributed by atoms with van der Waals surface area (Å²) in [7, 11) is 1.65. The smallest absolute Gasteiger partial charge is 0.156 e. The number of nitrogens with zero attached hydrogens (tertiary/aromatic N) is 1. The molecule has 0 aliphatic carbocycles. The second kappa shape index (κ2) is 10.9. The lowest BCUT2D eigenvalue weighted by molar-refractivity contribution is 0.414. The third-order valence-electron chi connectivity index (χ3n) is 6.51. The first kappa shape index (κ1) is 24.0. The Bertz CT molecular complexity index is 1260. The van der Waals surface area contributed by atoms with Gasteiger partial charge in [0.25, 0.3) is 0 Å². The van der Waals surface area contributed by atoms with E-state index in [9.17, 15) is 0 Å². The molecular weight excluding hydrogens is 423 g/mol. The van der Waals surface area contributed by atoms with Gasteiger partial charge in [-0.25, -0.2) is 4.39 Å². The van der Waals surface area contributed by atoms with Crippen molar-refractivity contribution in [1.29, 1.82) is 0 Å². The van der Waals surface area contributed by atoms with E-state index in [1.54, 1.807) is 7.11 Å². The van der Waals surface area contributed by atoms with Gasteiger partial charge in [-0.1, -0.05) is 49.2 Å². The number of hydrogen-bond donors (Lipinski definition) is 1. The van der Waals surface area contributed by atoms with Gasteiger partial charge in [0.1, 0.15) is 5.75 Å². The van der Waals surface area contributed by atoms with Crippen LogP contribution in [0.5, 0.6) is 5.75 Å². The van der Waals surface area contributed by atoms with Gasteiger partial charge in [0, 0.05) is 17.5 Å². The number of halogens is 1. The van der Waals surface area contributed by atoms with Crippen molar-refractivity contribution in [1.82, 2.24) is 9.88 Å². The summed E-state index contributed by atoms with van der Waals surface area (Å²) in [6.45, 7) is 8.90. The molecule has 0 aliphatic heterocycles. The van der Waals surface area contributed by atoms with Crippen LogP contribution in [-0.4, -0.2) is 24.8 Å². The maximum absolute atomic E-state index is 15.9. The molecule has 0 bridgehead atoms. The summed E-state index contributed by atoms with van der Waals surface area (Å²) in [6.07, 6.45) is 3.45.